The van der Waals surface area contributed by atoms with Gasteiger partial charge in [0.1, 0.15) is 0 Å². The molecule has 0 aliphatic carbocycles. The Hall–Kier alpha value is 0.816. The van der Waals surface area contributed by atoms with Crippen LogP contribution >= 0.6 is 0 Å². The van der Waals surface area contributed by atoms with Gasteiger partial charge in [0.05, 0.1) is 0 Å². The summed E-state index contributed by atoms with van der Waals surface area (Å²) in [5, 5.41) is 0. The molecule has 0 bridgehead atoms. The fourth-order valence-electron chi connectivity index (χ4n) is 0.0680. The van der Waals surface area contributed by atoms with Gasteiger partial charge in [-0.2, -0.15) is 0 Å². The Kier molecular flexibility index (Phi) is 4.53. The molecule has 0 rings (SSSR count). The molecule has 2 nitrogen and oxygen atoms in total. The second kappa shape index (κ2) is 3.99. The van der Waals surface area contributed by atoms with Gasteiger partial charge in [-0.05, 0) is 0 Å². The predicted octanol–water partition coefficient (Wildman–Crippen LogP) is 0.397. The maximum atomic E-state index is 4.87. The van der Waals surface area contributed by atoms with Gasteiger partial charge in [-0.25, -0.2) is 0 Å². The zero-order valence-corrected chi connectivity index (χ0v) is 7.40. The second-order valence-electron chi connectivity index (χ2n) is 0.735. The van der Waals surface area contributed by atoms with Crippen molar-refractivity contribution in [1.29, 1.82) is 0 Å². The fraction of sp³-hybridized carbons (Fsp3) is 1.00. The van der Waals surface area contributed by atoms with Gasteiger partial charge in [0.25, 0.3) is 0 Å². The molecule has 0 unspecified atom stereocenters. The van der Waals surface area contributed by atoms with Gasteiger partial charge in [-0.15, -0.1) is 0 Å². The van der Waals surface area contributed by atoms with Crippen molar-refractivity contribution in [2.45, 2.75) is 4.58 Å². The van der Waals surface area contributed by atoms with Crippen LogP contribution in [-0.4, -0.2) is 37.2 Å². The van der Waals surface area contributed by atoms with Crippen molar-refractivity contribution < 1.29 is 5.54 Å². The van der Waals surface area contributed by atoms with Gasteiger partial charge in [0.2, 0.25) is 0 Å². The molecule has 0 aromatic rings. The molecule has 39 valence electrons. The van der Waals surface area contributed by atoms with Gasteiger partial charge in [-0.3, -0.25) is 0 Å². The topological polar surface area (TPSA) is 18.5 Å². The Morgan fingerprint density at radius 1 is 1.17 bits per heavy atom. The Balaban J connectivity index is 2.75. The Morgan fingerprint density at radius 2 is 1.50 bits per heavy atom. The summed E-state index contributed by atoms with van der Waals surface area (Å²) in [6.07, 6.45) is 0. The molecule has 0 aliphatic rings. The summed E-state index contributed by atoms with van der Waals surface area (Å²) in [6.45, 7) is 0. The summed E-state index contributed by atoms with van der Waals surface area (Å²) in [4.78, 5) is 0. The molecule has 0 aromatic carbocycles. The summed E-state index contributed by atoms with van der Waals surface area (Å²) in [7, 11) is 3.38. The van der Waals surface area contributed by atoms with E-state index in [4.69, 9.17) is 5.54 Å². The first-order valence-electron chi connectivity index (χ1n) is 1.56. The van der Waals surface area contributed by atoms with E-state index in [2.05, 4.69) is 0 Å². The molecule has 6 heavy (non-hydrogen) atoms. The molecule has 0 saturated heterocycles. The summed E-state index contributed by atoms with van der Waals surface area (Å²) >= 11 is -1.60. The summed E-state index contributed by atoms with van der Waals surface area (Å²) < 4.78 is 11.8. The molecule has 0 heterocycles. The first kappa shape index (κ1) is 6.82. The van der Waals surface area contributed by atoms with E-state index in [-0.39, 0.29) is 0 Å². The molecule has 3 heteroatoms. The third-order valence-electron chi connectivity index (χ3n) is 0.469. The molecule has 0 saturated carbocycles. The van der Waals surface area contributed by atoms with Crippen LogP contribution in [0, 0.1) is 0 Å². The SMILES string of the molecule is C[O][Po]([CH3])[O]C. The molecular formula is C3H9O2Po. The van der Waals surface area contributed by atoms with Crippen molar-refractivity contribution in [3.8, 4) is 0 Å². The van der Waals surface area contributed by atoms with Gasteiger partial charge < -0.3 is 0 Å². The van der Waals surface area contributed by atoms with Crippen molar-refractivity contribution in [1.82, 2.24) is 0 Å². The first-order valence-corrected chi connectivity index (χ1v) is 7.32. The average Bonchev–Trinajstić information content (AvgIpc) is 1.65. The molecular weight excluding hydrogens is 277 g/mol. The standard InChI is InChI=1S/2CH3O.CH3.Po/c2*1-2;;/h2*1H3;1H3;/q2*-1;;+2. The first-order chi connectivity index (χ1) is 2.81. The molecule has 0 N–H and O–H groups in total. The second-order valence-corrected chi connectivity index (χ2v) is 6.45. The van der Waals surface area contributed by atoms with E-state index in [1.807, 2.05) is 4.58 Å². The van der Waals surface area contributed by atoms with Gasteiger partial charge in [-0.1, -0.05) is 0 Å². The third kappa shape index (κ3) is 3.02. The van der Waals surface area contributed by atoms with Crippen molar-refractivity contribution in [2.75, 3.05) is 14.2 Å². The zero-order valence-electron chi connectivity index (χ0n) is 4.22. The monoisotopic (exact) mass is 286 g/mol. The Labute approximate surface area is 47.5 Å². The minimum atomic E-state index is -1.60. The molecule has 0 aromatic heterocycles. The van der Waals surface area contributed by atoms with Gasteiger partial charge >= 0.3 is 47.3 Å². The van der Waals surface area contributed by atoms with Crippen molar-refractivity contribution >= 4 is 23.0 Å². The molecule has 0 spiro atoms. The van der Waals surface area contributed by atoms with Gasteiger partial charge in [0, 0.05) is 0 Å². The number of hydrogen-bond acceptors (Lipinski definition) is 2. The Bertz CT molecular complexity index is 28.0. The fourth-order valence-corrected chi connectivity index (χ4v) is 0.597. The van der Waals surface area contributed by atoms with E-state index in [1.165, 1.54) is 0 Å². The van der Waals surface area contributed by atoms with Crippen LogP contribution in [0.15, 0.2) is 0 Å². The van der Waals surface area contributed by atoms with Crippen LogP contribution in [0.2, 0.25) is 4.58 Å². The molecule has 1 radical (unpaired) electrons. The van der Waals surface area contributed by atoms with E-state index in [0.717, 1.165) is 0 Å². The van der Waals surface area contributed by atoms with Crippen molar-refractivity contribution in [3.63, 3.8) is 0 Å². The predicted molar refractivity (Wildman–Crippen MR) is 25.6 cm³/mol. The summed E-state index contributed by atoms with van der Waals surface area (Å²) in [5.41, 5.74) is 0. The number of hydrogen-bond donors (Lipinski definition) is 0. The van der Waals surface area contributed by atoms with E-state index in [0.29, 0.717) is 0 Å². The van der Waals surface area contributed by atoms with Crippen LogP contribution in [0.5, 0.6) is 0 Å². The van der Waals surface area contributed by atoms with E-state index >= 15 is 0 Å². The van der Waals surface area contributed by atoms with Crippen LogP contribution in [0.1, 0.15) is 0 Å². The van der Waals surface area contributed by atoms with Crippen LogP contribution < -0.4 is 0 Å². The summed E-state index contributed by atoms with van der Waals surface area (Å²) in [6, 6.07) is 0. The van der Waals surface area contributed by atoms with Crippen LogP contribution in [0.3, 0.4) is 0 Å². The average molecular weight is 286 g/mol. The van der Waals surface area contributed by atoms with Crippen LogP contribution in [0.4, 0.5) is 0 Å². The summed E-state index contributed by atoms with van der Waals surface area (Å²) in [5.74, 6) is 0. The third-order valence-corrected chi connectivity index (χ3v) is 4.12. The minimum absolute atomic E-state index is 1.60. The van der Waals surface area contributed by atoms with Crippen LogP contribution in [-0.2, 0) is 5.54 Å². The van der Waals surface area contributed by atoms with Crippen molar-refractivity contribution in [2.24, 2.45) is 0 Å². The molecule has 0 amide bonds. The van der Waals surface area contributed by atoms with E-state index in [9.17, 15) is 0 Å². The Morgan fingerprint density at radius 3 is 1.50 bits per heavy atom. The normalized spacial score (nSPS) is 10.0. The zero-order chi connectivity index (χ0) is 4.99. The van der Waals surface area contributed by atoms with E-state index in [1.54, 1.807) is 14.2 Å². The van der Waals surface area contributed by atoms with Crippen LogP contribution in [0.25, 0.3) is 0 Å². The van der Waals surface area contributed by atoms with E-state index < -0.39 is 23.0 Å². The van der Waals surface area contributed by atoms with Gasteiger partial charge in [0.15, 0.2) is 0 Å². The number of rotatable bonds is 2. The molecule has 0 fully saturated rings. The quantitative estimate of drug-likeness (QED) is 0.731. The molecule has 0 atom stereocenters. The molecule has 0 aliphatic heterocycles. The maximum absolute atomic E-state index is 4.87. The van der Waals surface area contributed by atoms with Crippen molar-refractivity contribution in [3.05, 3.63) is 0 Å².